The van der Waals surface area contributed by atoms with Crippen molar-refractivity contribution in [3.8, 4) is 11.4 Å². The number of aromatic nitrogens is 3. The Morgan fingerprint density at radius 3 is 2.60 bits per heavy atom. The largest absolute Gasteiger partial charge is 0.486 e. The lowest BCUT2D eigenvalue weighted by Crippen LogP contribution is -2.44. The van der Waals surface area contributed by atoms with Crippen molar-refractivity contribution >= 4 is 34.2 Å². The molecule has 10 heteroatoms. The van der Waals surface area contributed by atoms with Crippen molar-refractivity contribution in [2.45, 2.75) is 19.6 Å². The minimum atomic E-state index is -0.452. The summed E-state index contributed by atoms with van der Waals surface area (Å²) in [5, 5.41) is 0.599. The Balaban J connectivity index is 1.27. The summed E-state index contributed by atoms with van der Waals surface area (Å²) in [7, 11) is 0. The van der Waals surface area contributed by atoms with Crippen LogP contribution in [0.5, 0.6) is 5.75 Å². The zero-order chi connectivity index (χ0) is 30.2. The lowest BCUT2D eigenvalue weighted by Gasteiger charge is -2.38. The number of pyridine rings is 1. The number of benzene rings is 3. The maximum absolute atomic E-state index is 14.3. The monoisotopic (exact) mass is 576 g/mol. The van der Waals surface area contributed by atoms with Gasteiger partial charge in [-0.15, -0.1) is 0 Å². The molecule has 216 valence electrons. The van der Waals surface area contributed by atoms with Gasteiger partial charge in [-0.05, 0) is 54.4 Å². The van der Waals surface area contributed by atoms with Crippen LogP contribution in [0, 0.1) is 6.92 Å². The lowest BCUT2D eigenvalue weighted by atomic mass is 10.1. The third-order valence-electron chi connectivity index (χ3n) is 7.65. The van der Waals surface area contributed by atoms with E-state index in [1.165, 1.54) is 4.57 Å². The van der Waals surface area contributed by atoms with Crippen LogP contribution in [-0.2, 0) is 16.1 Å². The molecule has 43 heavy (non-hydrogen) atoms. The Hall–Kier alpha value is -5.22. The van der Waals surface area contributed by atoms with Crippen molar-refractivity contribution in [3.05, 3.63) is 113 Å². The van der Waals surface area contributed by atoms with Gasteiger partial charge in [-0.3, -0.25) is 14.3 Å². The van der Waals surface area contributed by atoms with Gasteiger partial charge in [0.25, 0.3) is 5.56 Å². The van der Waals surface area contributed by atoms with Crippen LogP contribution in [0.15, 0.2) is 96.2 Å². The van der Waals surface area contributed by atoms with E-state index in [4.69, 9.17) is 15.6 Å². The maximum atomic E-state index is 14.3. The molecule has 5 aromatic rings. The zero-order valence-corrected chi connectivity index (χ0v) is 23.5. The van der Waals surface area contributed by atoms with Gasteiger partial charge in [0, 0.05) is 24.7 Å². The lowest BCUT2D eigenvalue weighted by molar-refractivity contribution is -0.0796. The van der Waals surface area contributed by atoms with Crippen molar-refractivity contribution in [1.29, 1.82) is 0 Å². The summed E-state index contributed by atoms with van der Waals surface area (Å²) in [6.45, 7) is 3.85. The van der Waals surface area contributed by atoms with E-state index < -0.39 is 6.09 Å². The second-order valence-corrected chi connectivity index (χ2v) is 10.5. The quantitative estimate of drug-likeness (QED) is 0.273. The number of hydrogen-bond acceptors (Lipinski definition) is 8. The van der Waals surface area contributed by atoms with E-state index in [9.17, 15) is 9.59 Å². The van der Waals surface area contributed by atoms with Crippen LogP contribution in [0.2, 0.25) is 0 Å². The van der Waals surface area contributed by atoms with Crippen molar-refractivity contribution in [1.82, 2.24) is 14.5 Å². The minimum absolute atomic E-state index is 0.0177. The highest BCUT2D eigenvalue weighted by atomic mass is 16.6. The van der Waals surface area contributed by atoms with Gasteiger partial charge >= 0.3 is 6.09 Å². The number of nitrogens with zero attached hydrogens (tertiary/aromatic N) is 5. The van der Waals surface area contributed by atoms with Gasteiger partial charge in [0.05, 0.1) is 30.3 Å². The highest BCUT2D eigenvalue weighted by Gasteiger charge is 2.32. The highest BCUT2D eigenvalue weighted by molar-refractivity contribution is 5.97. The Morgan fingerprint density at radius 2 is 1.84 bits per heavy atom. The normalized spacial score (nSPS) is 15.0. The van der Waals surface area contributed by atoms with Gasteiger partial charge in [-0.25, -0.2) is 14.8 Å². The van der Waals surface area contributed by atoms with E-state index in [-0.39, 0.29) is 24.6 Å². The number of amides is 1. The van der Waals surface area contributed by atoms with Crippen molar-refractivity contribution in [2.75, 3.05) is 36.1 Å². The van der Waals surface area contributed by atoms with Crippen LogP contribution in [-0.4, -0.2) is 53.0 Å². The summed E-state index contributed by atoms with van der Waals surface area (Å²) >= 11 is 0. The number of carbonyl (C=O) groups is 1. The minimum Gasteiger partial charge on any atom is -0.486 e. The molecule has 3 aromatic carbocycles. The summed E-state index contributed by atoms with van der Waals surface area (Å²) < 4.78 is 26.3. The van der Waals surface area contributed by atoms with Crippen LogP contribution in [0.1, 0.15) is 12.5 Å². The first-order chi connectivity index (χ1) is 21.5. The topological polar surface area (TPSA) is 99.0 Å². The van der Waals surface area contributed by atoms with Crippen molar-refractivity contribution in [3.63, 3.8) is 0 Å². The third kappa shape index (κ3) is 5.06. The predicted octanol–water partition coefficient (Wildman–Crippen LogP) is 5.16. The first-order valence-corrected chi connectivity index (χ1v) is 14.1. The molecule has 7 rings (SSSR count). The van der Waals surface area contributed by atoms with Crippen LogP contribution < -0.4 is 20.1 Å². The Labute approximate surface area is 249 Å². The molecule has 1 amide bonds. The number of carbonyl (C=O) groups excluding carboxylic acids is 1. The zero-order valence-electron chi connectivity index (χ0n) is 24.5. The van der Waals surface area contributed by atoms with Crippen LogP contribution >= 0.6 is 0 Å². The maximum Gasteiger partial charge on any atom is 0.414 e. The molecule has 0 bridgehead atoms. The molecule has 0 saturated carbocycles. The van der Waals surface area contributed by atoms with Crippen molar-refractivity contribution in [2.24, 2.45) is 0 Å². The first kappa shape index (κ1) is 25.5. The average molecular weight is 577 g/mol. The Bertz CT molecular complexity index is 1910. The molecule has 0 aliphatic carbocycles. The number of ether oxygens (including phenoxy) is 3. The molecule has 0 spiro atoms. The fraction of sp³-hybridized carbons (Fsp3) is 0.212. The van der Waals surface area contributed by atoms with E-state index in [0.29, 0.717) is 65.8 Å². The molecule has 2 aliphatic heterocycles. The molecule has 0 radical (unpaired) electrons. The molecular weight excluding hydrogens is 546 g/mol. The first-order valence-electron chi connectivity index (χ1n) is 14.6. The summed E-state index contributed by atoms with van der Waals surface area (Å²) in [5.41, 5.74) is 4.15. The smallest absolute Gasteiger partial charge is 0.414 e. The SMILES string of the molecule is [2H]c1ncc2cc(N3CCN(C(=O)OCc4ccccc4)c4c(C)cccc43)c(=O)n(-c3ccc(OC4COC4)cc3)c2n1. The number of para-hydroxylation sites is 1. The highest BCUT2D eigenvalue weighted by Crippen LogP contribution is 2.40. The Morgan fingerprint density at radius 1 is 1.02 bits per heavy atom. The van der Waals surface area contributed by atoms with Gasteiger partial charge in [-0.1, -0.05) is 42.5 Å². The van der Waals surface area contributed by atoms with Crippen LogP contribution in [0.4, 0.5) is 21.9 Å². The molecule has 2 aromatic heterocycles. The average Bonchev–Trinajstić information content (AvgIpc) is 3.02. The summed E-state index contributed by atoms with van der Waals surface area (Å²) in [6.07, 6.45) is 0.926. The van der Waals surface area contributed by atoms with Gasteiger partial charge in [0.1, 0.15) is 31.8 Å². The number of fused-ring (bicyclic) bond motifs is 2. The van der Waals surface area contributed by atoms with E-state index in [1.54, 1.807) is 41.4 Å². The summed E-state index contributed by atoms with van der Waals surface area (Å²) in [4.78, 5) is 39.6. The molecule has 2 aliphatic rings. The molecule has 1 saturated heterocycles. The molecule has 10 nitrogen and oxygen atoms in total. The Kier molecular flexibility index (Phi) is 6.65. The van der Waals surface area contributed by atoms with Gasteiger partial charge in [0.15, 0.2) is 5.65 Å². The molecule has 4 heterocycles. The number of aryl methyl sites for hydroxylation is 1. The molecule has 0 atom stereocenters. The standard InChI is InChI=1S/C33H29N5O5/c1-22-6-5-9-28-30(22)37(33(40)42-18-23-7-3-2-4-8-23)15-14-36(28)29-16-24-17-34-21-35-31(24)38(32(29)39)25-10-12-26(13-11-25)43-27-19-41-20-27/h2-13,16-17,21,27H,14-15,18-20H2,1H3/i21D. The molecule has 0 unspecified atom stereocenters. The van der Waals surface area contributed by atoms with Gasteiger partial charge < -0.3 is 19.1 Å². The van der Waals surface area contributed by atoms with Gasteiger partial charge in [-0.2, -0.15) is 0 Å². The number of hydrogen-bond donors (Lipinski definition) is 0. The summed E-state index contributed by atoms with van der Waals surface area (Å²) in [6, 6.07) is 24.2. The fourth-order valence-corrected chi connectivity index (χ4v) is 5.45. The van der Waals surface area contributed by atoms with E-state index in [0.717, 1.165) is 11.1 Å². The number of anilines is 3. The molecule has 1 fully saturated rings. The van der Waals surface area contributed by atoms with Crippen LogP contribution in [0.25, 0.3) is 16.7 Å². The second kappa shape index (κ2) is 11.2. The fourth-order valence-electron chi connectivity index (χ4n) is 5.45. The number of rotatable bonds is 6. The predicted molar refractivity (Wildman–Crippen MR) is 163 cm³/mol. The third-order valence-corrected chi connectivity index (χ3v) is 7.65. The second-order valence-electron chi connectivity index (χ2n) is 10.5. The van der Waals surface area contributed by atoms with Crippen molar-refractivity contribution < 1.29 is 20.4 Å². The van der Waals surface area contributed by atoms with Crippen LogP contribution in [0.3, 0.4) is 0 Å². The van der Waals surface area contributed by atoms with E-state index in [2.05, 4.69) is 9.97 Å². The molecular formula is C33H29N5O5. The molecule has 0 N–H and O–H groups in total. The van der Waals surface area contributed by atoms with Gasteiger partial charge in [0.2, 0.25) is 0 Å². The van der Waals surface area contributed by atoms with E-state index in [1.807, 2.05) is 60.4 Å². The summed E-state index contributed by atoms with van der Waals surface area (Å²) in [5.74, 6) is 0.672. The van der Waals surface area contributed by atoms with E-state index >= 15 is 0 Å².